The van der Waals surface area contributed by atoms with Gasteiger partial charge >= 0.3 is 5.97 Å². The monoisotopic (exact) mass is 351 g/mol. The molecule has 1 unspecified atom stereocenters. The number of ether oxygens (including phenoxy) is 2. The Hall–Kier alpha value is -2.08. The van der Waals surface area contributed by atoms with E-state index in [9.17, 15) is 14.7 Å². The zero-order valence-corrected chi connectivity index (χ0v) is 15.5. The molecule has 0 saturated heterocycles. The fraction of sp³-hybridized carbons (Fsp3) is 0.579. The molecule has 1 aromatic rings. The van der Waals surface area contributed by atoms with Crippen LogP contribution in [0.15, 0.2) is 24.3 Å². The maximum Gasteiger partial charge on any atom is 0.305 e. The molecule has 0 aliphatic heterocycles. The van der Waals surface area contributed by atoms with Gasteiger partial charge in [0.25, 0.3) is 0 Å². The van der Waals surface area contributed by atoms with Crippen molar-refractivity contribution in [2.45, 2.75) is 46.6 Å². The van der Waals surface area contributed by atoms with Crippen LogP contribution in [0.1, 0.15) is 52.2 Å². The first kappa shape index (κ1) is 21.0. The molecule has 140 valence electrons. The van der Waals surface area contributed by atoms with Crippen molar-refractivity contribution in [3.8, 4) is 5.75 Å². The molecule has 1 aromatic carbocycles. The number of benzene rings is 1. The Morgan fingerprint density at radius 2 is 1.84 bits per heavy atom. The number of aliphatic hydroxyl groups excluding tert-OH is 1. The second kappa shape index (κ2) is 10.0. The number of hydrogen-bond donors (Lipinski definition) is 2. The zero-order valence-electron chi connectivity index (χ0n) is 15.5. The predicted octanol–water partition coefficient (Wildman–Crippen LogP) is 2.60. The Bertz CT molecular complexity index is 548. The van der Waals surface area contributed by atoms with Gasteiger partial charge in [0.1, 0.15) is 5.75 Å². The van der Waals surface area contributed by atoms with E-state index in [1.807, 2.05) is 20.8 Å². The summed E-state index contributed by atoms with van der Waals surface area (Å²) < 4.78 is 10.4. The third-order valence-electron chi connectivity index (χ3n) is 3.50. The Morgan fingerprint density at radius 3 is 2.40 bits per heavy atom. The van der Waals surface area contributed by atoms with Gasteiger partial charge < -0.3 is 19.9 Å². The molecule has 0 aliphatic rings. The summed E-state index contributed by atoms with van der Waals surface area (Å²) in [4.78, 5) is 23.0. The van der Waals surface area contributed by atoms with Crippen LogP contribution in [0.4, 0.5) is 0 Å². The molecule has 1 rings (SSSR count). The average Bonchev–Trinajstić information content (AvgIpc) is 2.56. The van der Waals surface area contributed by atoms with E-state index in [-0.39, 0.29) is 18.4 Å². The van der Waals surface area contributed by atoms with Gasteiger partial charge in [0.05, 0.1) is 19.3 Å². The van der Waals surface area contributed by atoms with Gasteiger partial charge in [-0.05, 0) is 31.0 Å². The third kappa shape index (κ3) is 8.03. The van der Waals surface area contributed by atoms with E-state index < -0.39 is 11.5 Å². The first-order valence-corrected chi connectivity index (χ1v) is 8.58. The molecular weight excluding hydrogens is 322 g/mol. The number of rotatable bonds is 9. The molecule has 1 amide bonds. The normalized spacial score (nSPS) is 12.4. The van der Waals surface area contributed by atoms with Crippen LogP contribution in [0, 0.1) is 5.41 Å². The highest BCUT2D eigenvalue weighted by atomic mass is 16.5. The van der Waals surface area contributed by atoms with E-state index in [1.54, 1.807) is 31.2 Å². The highest BCUT2D eigenvalue weighted by molar-refractivity contribution is 5.81. The number of hydrogen-bond acceptors (Lipinski definition) is 5. The molecule has 0 fully saturated rings. The molecule has 2 N–H and O–H groups in total. The van der Waals surface area contributed by atoms with Crippen molar-refractivity contribution in [3.05, 3.63) is 29.8 Å². The summed E-state index contributed by atoms with van der Waals surface area (Å²) in [5, 5.41) is 12.9. The lowest BCUT2D eigenvalue weighted by Gasteiger charge is -2.19. The predicted molar refractivity (Wildman–Crippen MR) is 95.2 cm³/mol. The number of amides is 1. The molecule has 6 heteroatoms. The summed E-state index contributed by atoms with van der Waals surface area (Å²) in [7, 11) is 0. The molecular formula is C19H29NO5. The summed E-state index contributed by atoms with van der Waals surface area (Å²) in [5.41, 5.74) is 0.217. The lowest BCUT2D eigenvalue weighted by molar-refractivity contribution is -0.143. The lowest BCUT2D eigenvalue weighted by Crippen LogP contribution is -2.37. The molecule has 0 heterocycles. The Morgan fingerprint density at radius 1 is 1.20 bits per heavy atom. The summed E-state index contributed by atoms with van der Waals surface area (Å²) in [6.07, 6.45) is 0.143. The standard InChI is InChI=1S/C19H29NO5/c1-5-24-17(22)7-6-12-25-15-10-8-14(9-11-15)16(21)13-20-18(23)19(2,3)4/h8-11,16,21H,5-7,12-13H2,1-4H3,(H,20,23). The molecule has 0 bridgehead atoms. The van der Waals surface area contributed by atoms with Crippen molar-refractivity contribution in [3.63, 3.8) is 0 Å². The highest BCUT2D eigenvalue weighted by Gasteiger charge is 2.21. The molecule has 1 atom stereocenters. The van der Waals surface area contributed by atoms with Crippen LogP contribution < -0.4 is 10.1 Å². The highest BCUT2D eigenvalue weighted by Crippen LogP contribution is 2.19. The average molecular weight is 351 g/mol. The molecule has 0 aromatic heterocycles. The second-order valence-electron chi connectivity index (χ2n) is 6.80. The van der Waals surface area contributed by atoms with Crippen LogP contribution >= 0.6 is 0 Å². The van der Waals surface area contributed by atoms with Crippen molar-refractivity contribution in [1.29, 1.82) is 0 Å². The summed E-state index contributed by atoms with van der Waals surface area (Å²) in [6, 6.07) is 7.03. The quantitative estimate of drug-likeness (QED) is 0.528. The second-order valence-corrected chi connectivity index (χ2v) is 6.80. The van der Waals surface area contributed by atoms with Gasteiger partial charge in [0.2, 0.25) is 5.91 Å². The fourth-order valence-electron chi connectivity index (χ4n) is 2.00. The number of carbonyl (C=O) groups is 2. The minimum absolute atomic E-state index is 0.104. The largest absolute Gasteiger partial charge is 0.494 e. The van der Waals surface area contributed by atoms with Crippen LogP contribution in [0.5, 0.6) is 5.75 Å². The molecule has 0 aliphatic carbocycles. The van der Waals surface area contributed by atoms with Gasteiger partial charge in [0, 0.05) is 18.4 Å². The van der Waals surface area contributed by atoms with Crippen molar-refractivity contribution < 1.29 is 24.2 Å². The Kier molecular flexibility index (Phi) is 8.41. The van der Waals surface area contributed by atoms with Crippen molar-refractivity contribution >= 4 is 11.9 Å². The number of esters is 1. The van der Waals surface area contributed by atoms with Crippen molar-refractivity contribution in [2.75, 3.05) is 19.8 Å². The maximum atomic E-state index is 11.8. The summed E-state index contributed by atoms with van der Waals surface area (Å²) in [5.74, 6) is 0.341. The van der Waals surface area contributed by atoms with Crippen LogP contribution in [0.25, 0.3) is 0 Å². The van der Waals surface area contributed by atoms with Gasteiger partial charge in [-0.25, -0.2) is 0 Å². The first-order valence-electron chi connectivity index (χ1n) is 8.58. The van der Waals surface area contributed by atoms with E-state index in [1.165, 1.54) is 0 Å². The molecule has 0 radical (unpaired) electrons. The molecule has 0 spiro atoms. The smallest absolute Gasteiger partial charge is 0.305 e. The van der Waals surface area contributed by atoms with Crippen LogP contribution in [-0.4, -0.2) is 36.7 Å². The van der Waals surface area contributed by atoms with Gasteiger partial charge in [-0.3, -0.25) is 9.59 Å². The molecule has 0 saturated carbocycles. The minimum Gasteiger partial charge on any atom is -0.494 e. The van der Waals surface area contributed by atoms with E-state index in [0.717, 1.165) is 0 Å². The van der Waals surface area contributed by atoms with Crippen LogP contribution in [-0.2, 0) is 14.3 Å². The lowest BCUT2D eigenvalue weighted by atomic mass is 9.95. The minimum atomic E-state index is -0.774. The summed E-state index contributed by atoms with van der Waals surface area (Å²) >= 11 is 0. The van der Waals surface area contributed by atoms with Gasteiger partial charge in [-0.15, -0.1) is 0 Å². The van der Waals surface area contributed by atoms with Gasteiger partial charge in [-0.1, -0.05) is 32.9 Å². The molecule has 6 nitrogen and oxygen atoms in total. The molecule has 25 heavy (non-hydrogen) atoms. The fourth-order valence-corrected chi connectivity index (χ4v) is 2.00. The topological polar surface area (TPSA) is 84.9 Å². The Balaban J connectivity index is 2.37. The number of nitrogens with one attached hydrogen (secondary N) is 1. The van der Waals surface area contributed by atoms with Crippen molar-refractivity contribution in [2.24, 2.45) is 5.41 Å². The van der Waals surface area contributed by atoms with Gasteiger partial charge in [0.15, 0.2) is 0 Å². The first-order chi connectivity index (χ1) is 11.7. The van der Waals surface area contributed by atoms with Gasteiger partial charge in [-0.2, -0.15) is 0 Å². The van der Waals surface area contributed by atoms with Crippen LogP contribution in [0.2, 0.25) is 0 Å². The van der Waals surface area contributed by atoms with Crippen molar-refractivity contribution in [1.82, 2.24) is 5.32 Å². The summed E-state index contributed by atoms with van der Waals surface area (Å²) in [6.45, 7) is 8.21. The number of carbonyl (C=O) groups excluding carboxylic acids is 2. The SMILES string of the molecule is CCOC(=O)CCCOc1ccc(C(O)CNC(=O)C(C)(C)C)cc1. The third-order valence-corrected chi connectivity index (χ3v) is 3.50. The van der Waals surface area contributed by atoms with E-state index in [0.29, 0.717) is 37.4 Å². The van der Waals surface area contributed by atoms with E-state index >= 15 is 0 Å². The van der Waals surface area contributed by atoms with E-state index in [4.69, 9.17) is 9.47 Å². The number of aliphatic hydroxyl groups is 1. The Labute approximate surface area is 149 Å². The zero-order chi connectivity index (χ0) is 18.9. The van der Waals surface area contributed by atoms with E-state index in [2.05, 4.69) is 5.32 Å². The van der Waals surface area contributed by atoms with Crippen LogP contribution in [0.3, 0.4) is 0 Å². The maximum absolute atomic E-state index is 11.8.